The average molecular weight is 249 g/mol. The molecular weight excluding hydrogens is 230 g/mol. The van der Waals surface area contributed by atoms with E-state index in [4.69, 9.17) is 10.2 Å². The van der Waals surface area contributed by atoms with Crippen LogP contribution in [0.1, 0.15) is 26.7 Å². The number of hydrogen-bond acceptors (Lipinski definition) is 4. The minimum atomic E-state index is -1.22. The van der Waals surface area contributed by atoms with Gasteiger partial charge in [-0.3, -0.25) is 4.79 Å². The summed E-state index contributed by atoms with van der Waals surface area (Å²) >= 11 is 1.46. The molecular formula is C10H19NO4S. The Kier molecular flexibility index (Phi) is 8.01. The Bertz CT molecular complexity index is 233. The highest BCUT2D eigenvalue weighted by Gasteiger charge is 2.24. The van der Waals surface area contributed by atoms with Gasteiger partial charge in [0.25, 0.3) is 0 Å². The molecule has 0 heterocycles. The Hall–Kier alpha value is -0.750. The van der Waals surface area contributed by atoms with Crippen LogP contribution < -0.4 is 5.32 Å². The van der Waals surface area contributed by atoms with Gasteiger partial charge in [-0.15, -0.1) is 0 Å². The number of thioether (sulfide) groups is 1. The monoisotopic (exact) mass is 249 g/mol. The zero-order chi connectivity index (χ0) is 12.6. The maximum absolute atomic E-state index is 11.3. The molecule has 0 spiro atoms. The Morgan fingerprint density at radius 2 is 2.06 bits per heavy atom. The van der Waals surface area contributed by atoms with E-state index in [1.54, 1.807) is 0 Å². The Labute approximate surface area is 99.6 Å². The number of carboxylic acids is 1. The van der Waals surface area contributed by atoms with E-state index >= 15 is 0 Å². The molecule has 16 heavy (non-hydrogen) atoms. The maximum atomic E-state index is 11.3. The summed E-state index contributed by atoms with van der Waals surface area (Å²) in [6.07, 6.45) is 1.01. The summed E-state index contributed by atoms with van der Waals surface area (Å²) in [4.78, 5) is 22.0. The lowest BCUT2D eigenvalue weighted by Gasteiger charge is -2.16. The van der Waals surface area contributed by atoms with Crippen LogP contribution in [0.4, 0.5) is 0 Å². The Morgan fingerprint density at radius 1 is 1.44 bits per heavy atom. The van der Waals surface area contributed by atoms with Gasteiger partial charge in [0.05, 0.1) is 11.9 Å². The number of unbranched alkanes of at least 4 members (excludes halogenated alkanes) is 1. The van der Waals surface area contributed by atoms with Crippen molar-refractivity contribution in [1.29, 1.82) is 0 Å². The summed E-state index contributed by atoms with van der Waals surface area (Å²) in [5, 5.41) is 20.1. The lowest BCUT2D eigenvalue weighted by atomic mass is 10.2. The highest BCUT2D eigenvalue weighted by atomic mass is 32.2. The number of aliphatic carboxylic acids is 1. The molecule has 6 heteroatoms. The van der Waals surface area contributed by atoms with Crippen molar-refractivity contribution in [2.75, 3.05) is 11.5 Å². The molecule has 1 amide bonds. The number of carbonyl (C=O) groups is 2. The van der Waals surface area contributed by atoms with E-state index in [0.717, 1.165) is 18.6 Å². The number of nitrogens with one attached hydrogen (secondary N) is 1. The molecule has 0 aromatic heterocycles. The van der Waals surface area contributed by atoms with Crippen molar-refractivity contribution in [1.82, 2.24) is 5.32 Å². The molecule has 0 radical (unpaired) electrons. The SMILES string of the molecule is CCCCSCC(=O)N[C@H](C(=O)O)[C@@H](C)O. The standard InChI is InChI=1S/C10H19NO4S/c1-3-4-5-16-6-8(13)11-9(7(2)12)10(14)15/h7,9,12H,3-6H2,1-2H3,(H,11,13)(H,14,15)/t7-,9+/m1/s1. The molecule has 0 aliphatic carbocycles. The molecule has 0 saturated heterocycles. The number of amides is 1. The highest BCUT2D eigenvalue weighted by Crippen LogP contribution is 2.04. The molecule has 0 rings (SSSR count). The predicted octanol–water partition coefficient (Wildman–Crippen LogP) is 0.470. The predicted molar refractivity (Wildman–Crippen MR) is 63.5 cm³/mol. The first-order valence-corrected chi connectivity index (χ1v) is 6.42. The van der Waals surface area contributed by atoms with Crippen molar-refractivity contribution < 1.29 is 19.8 Å². The summed E-state index contributed by atoms with van der Waals surface area (Å²) in [6.45, 7) is 3.40. The zero-order valence-corrected chi connectivity index (χ0v) is 10.4. The van der Waals surface area contributed by atoms with E-state index in [1.807, 2.05) is 0 Å². The molecule has 0 unspecified atom stereocenters. The lowest BCUT2D eigenvalue weighted by molar-refractivity contribution is -0.144. The number of carbonyl (C=O) groups excluding carboxylic acids is 1. The van der Waals surface area contributed by atoms with Crippen molar-refractivity contribution in [2.45, 2.75) is 38.8 Å². The van der Waals surface area contributed by atoms with Crippen LogP contribution in [0.15, 0.2) is 0 Å². The third-order valence-corrected chi connectivity index (χ3v) is 2.98. The maximum Gasteiger partial charge on any atom is 0.328 e. The number of rotatable bonds is 8. The summed E-state index contributed by atoms with van der Waals surface area (Å²) in [6, 6.07) is -1.22. The molecule has 3 N–H and O–H groups in total. The van der Waals surface area contributed by atoms with Gasteiger partial charge in [0.2, 0.25) is 5.91 Å². The molecule has 0 saturated carbocycles. The van der Waals surface area contributed by atoms with Gasteiger partial charge in [-0.05, 0) is 19.1 Å². The molecule has 94 valence electrons. The molecule has 0 bridgehead atoms. The van der Waals surface area contributed by atoms with Gasteiger partial charge in [-0.1, -0.05) is 13.3 Å². The second-order valence-corrected chi connectivity index (χ2v) is 4.64. The largest absolute Gasteiger partial charge is 0.480 e. The number of hydrogen-bond donors (Lipinski definition) is 3. The zero-order valence-electron chi connectivity index (χ0n) is 9.60. The fourth-order valence-electron chi connectivity index (χ4n) is 1.02. The fourth-order valence-corrected chi connectivity index (χ4v) is 1.92. The van der Waals surface area contributed by atoms with Gasteiger partial charge in [0.15, 0.2) is 6.04 Å². The second kappa shape index (κ2) is 8.41. The number of carboxylic acid groups (broad SMARTS) is 1. The topological polar surface area (TPSA) is 86.6 Å². The van der Waals surface area contributed by atoms with Crippen LogP contribution in [-0.2, 0) is 9.59 Å². The molecule has 0 aromatic rings. The van der Waals surface area contributed by atoms with Crippen LogP contribution in [0.2, 0.25) is 0 Å². The minimum absolute atomic E-state index is 0.233. The van der Waals surface area contributed by atoms with E-state index in [1.165, 1.54) is 18.7 Å². The molecule has 0 aliphatic heterocycles. The molecule has 5 nitrogen and oxygen atoms in total. The fraction of sp³-hybridized carbons (Fsp3) is 0.800. The third-order valence-electron chi connectivity index (χ3n) is 1.94. The summed E-state index contributed by atoms with van der Waals surface area (Å²) in [7, 11) is 0. The molecule has 2 atom stereocenters. The quantitative estimate of drug-likeness (QED) is 0.544. The second-order valence-electron chi connectivity index (χ2n) is 3.53. The normalized spacial score (nSPS) is 14.2. The number of aliphatic hydroxyl groups excluding tert-OH is 1. The van der Waals surface area contributed by atoms with Gasteiger partial charge in [0.1, 0.15) is 0 Å². The minimum Gasteiger partial charge on any atom is -0.480 e. The average Bonchev–Trinajstić information content (AvgIpc) is 2.20. The van der Waals surface area contributed by atoms with Crippen LogP contribution >= 0.6 is 11.8 Å². The van der Waals surface area contributed by atoms with Gasteiger partial charge in [0, 0.05) is 0 Å². The Balaban J connectivity index is 3.87. The first-order chi connectivity index (χ1) is 7.49. The summed E-state index contributed by atoms with van der Waals surface area (Å²) in [5.41, 5.74) is 0. The van der Waals surface area contributed by atoms with Gasteiger partial charge >= 0.3 is 5.97 Å². The van der Waals surface area contributed by atoms with E-state index < -0.39 is 18.1 Å². The van der Waals surface area contributed by atoms with Crippen LogP contribution in [0.3, 0.4) is 0 Å². The van der Waals surface area contributed by atoms with Crippen molar-refractivity contribution in [3.05, 3.63) is 0 Å². The van der Waals surface area contributed by atoms with E-state index in [-0.39, 0.29) is 11.7 Å². The van der Waals surface area contributed by atoms with E-state index in [0.29, 0.717) is 0 Å². The highest BCUT2D eigenvalue weighted by molar-refractivity contribution is 7.99. The van der Waals surface area contributed by atoms with Crippen molar-refractivity contribution in [2.24, 2.45) is 0 Å². The molecule has 0 fully saturated rings. The van der Waals surface area contributed by atoms with E-state index in [9.17, 15) is 9.59 Å². The van der Waals surface area contributed by atoms with Gasteiger partial charge in [-0.25, -0.2) is 4.79 Å². The van der Waals surface area contributed by atoms with Crippen molar-refractivity contribution in [3.63, 3.8) is 0 Å². The molecule has 0 aromatic carbocycles. The first kappa shape index (κ1) is 15.2. The van der Waals surface area contributed by atoms with Crippen LogP contribution in [0.25, 0.3) is 0 Å². The lowest BCUT2D eigenvalue weighted by Crippen LogP contribution is -2.48. The van der Waals surface area contributed by atoms with Crippen LogP contribution in [0, 0.1) is 0 Å². The summed E-state index contributed by atoms with van der Waals surface area (Å²) < 4.78 is 0. The third kappa shape index (κ3) is 6.68. The van der Waals surface area contributed by atoms with E-state index in [2.05, 4.69) is 12.2 Å². The van der Waals surface area contributed by atoms with Gasteiger partial charge in [-0.2, -0.15) is 11.8 Å². The van der Waals surface area contributed by atoms with Crippen LogP contribution in [0.5, 0.6) is 0 Å². The molecule has 0 aliphatic rings. The smallest absolute Gasteiger partial charge is 0.328 e. The Morgan fingerprint density at radius 3 is 2.50 bits per heavy atom. The summed E-state index contributed by atoms with van der Waals surface area (Å²) in [5.74, 6) is -0.455. The van der Waals surface area contributed by atoms with Crippen molar-refractivity contribution >= 4 is 23.6 Å². The van der Waals surface area contributed by atoms with Crippen molar-refractivity contribution in [3.8, 4) is 0 Å². The number of aliphatic hydroxyl groups is 1. The van der Waals surface area contributed by atoms with Crippen LogP contribution in [-0.4, -0.2) is 45.7 Å². The first-order valence-electron chi connectivity index (χ1n) is 5.27. The van der Waals surface area contributed by atoms with Gasteiger partial charge < -0.3 is 15.5 Å².